The molecule has 2 N–H and O–H groups in total. The van der Waals surface area contributed by atoms with E-state index in [9.17, 15) is 18.0 Å². The quantitative estimate of drug-likeness (QED) is 0.388. The predicted molar refractivity (Wildman–Crippen MR) is 125 cm³/mol. The van der Waals surface area contributed by atoms with Gasteiger partial charge in [0.15, 0.2) is 11.7 Å². The molecule has 0 radical (unpaired) electrons. The highest BCUT2D eigenvalue weighted by Crippen LogP contribution is 2.46. The van der Waals surface area contributed by atoms with Gasteiger partial charge in [-0.1, -0.05) is 39.7 Å². The van der Waals surface area contributed by atoms with Crippen LogP contribution in [0.4, 0.5) is 24.7 Å². The first-order valence-corrected chi connectivity index (χ1v) is 11.2. The van der Waals surface area contributed by atoms with Crippen molar-refractivity contribution < 1.29 is 27.4 Å². The first kappa shape index (κ1) is 24.2. The average Bonchev–Trinajstić information content (AvgIpc) is 3.15. The molecule has 0 saturated carbocycles. The lowest BCUT2D eigenvalue weighted by Crippen LogP contribution is -2.35. The second-order valence-electron chi connectivity index (χ2n) is 7.52. The Morgan fingerprint density at radius 2 is 1.91 bits per heavy atom. The summed E-state index contributed by atoms with van der Waals surface area (Å²) < 4.78 is 53.8. The summed E-state index contributed by atoms with van der Waals surface area (Å²) in [5.74, 6) is -0.0516. The summed E-state index contributed by atoms with van der Waals surface area (Å²) in [4.78, 5) is 12.9. The number of amides is 1. The molecule has 180 valence electrons. The van der Waals surface area contributed by atoms with Gasteiger partial charge in [-0.05, 0) is 29.8 Å². The van der Waals surface area contributed by atoms with Crippen LogP contribution in [0.3, 0.4) is 0 Å². The van der Waals surface area contributed by atoms with Crippen LogP contribution in [0.15, 0.2) is 46.9 Å². The number of benzene rings is 2. The minimum absolute atomic E-state index is 0.0741. The van der Waals surface area contributed by atoms with E-state index < -0.39 is 24.2 Å². The highest BCUT2D eigenvalue weighted by molar-refractivity contribution is 9.10. The van der Waals surface area contributed by atoms with Gasteiger partial charge in [-0.2, -0.15) is 18.3 Å². The van der Waals surface area contributed by atoms with Gasteiger partial charge in [-0.15, -0.1) is 0 Å². The molecular weight excluding hydrogens is 541 g/mol. The molecule has 4 rings (SSSR count). The molecular formula is C22H19BrClF3N4O3. The molecule has 34 heavy (non-hydrogen) atoms. The monoisotopic (exact) mass is 558 g/mol. The molecule has 1 amide bonds. The first-order chi connectivity index (χ1) is 16.1. The van der Waals surface area contributed by atoms with Crippen molar-refractivity contribution in [2.75, 3.05) is 24.9 Å². The Hall–Kier alpha value is -2.92. The number of ether oxygens (including phenoxy) is 2. The van der Waals surface area contributed by atoms with Crippen molar-refractivity contribution in [3.63, 3.8) is 0 Å². The van der Waals surface area contributed by atoms with Gasteiger partial charge < -0.3 is 20.1 Å². The maximum absolute atomic E-state index is 14.0. The molecule has 0 saturated heterocycles. The lowest BCUT2D eigenvalue weighted by molar-refractivity contribution is -0.173. The number of fused-ring (bicyclic) bond motifs is 1. The van der Waals surface area contributed by atoms with Gasteiger partial charge in [0, 0.05) is 17.0 Å². The van der Waals surface area contributed by atoms with Crippen molar-refractivity contribution in [1.29, 1.82) is 0 Å². The molecule has 7 nitrogen and oxygen atoms in total. The summed E-state index contributed by atoms with van der Waals surface area (Å²) in [6.45, 7) is 0. The van der Waals surface area contributed by atoms with Gasteiger partial charge in [-0.25, -0.2) is 4.68 Å². The second-order valence-corrected chi connectivity index (χ2v) is 8.81. The summed E-state index contributed by atoms with van der Waals surface area (Å²) >= 11 is 9.70. The standard InChI is InChI=1S/C22H19BrClF3N4O3/c1-33-13-7-8-14(16(9-13)34-2)29-21(32)19-18(24)20-28-15(11-3-5-12(23)6-4-11)10-17(22(25,26)27)31(20)30-19/h3-9,15,17,28H,10H2,1-2H3,(H,29,32)/t15-,17+/m1/s1. The van der Waals surface area contributed by atoms with E-state index in [2.05, 4.69) is 31.7 Å². The number of carbonyl (C=O) groups excluding carboxylic acids is 1. The van der Waals surface area contributed by atoms with Crippen LogP contribution in [-0.4, -0.2) is 36.1 Å². The fourth-order valence-electron chi connectivity index (χ4n) is 3.73. The minimum atomic E-state index is -4.60. The van der Waals surface area contributed by atoms with Gasteiger partial charge >= 0.3 is 6.18 Å². The third-order valence-electron chi connectivity index (χ3n) is 5.44. The fraction of sp³-hybridized carbons (Fsp3) is 0.273. The van der Waals surface area contributed by atoms with E-state index in [1.165, 1.54) is 14.2 Å². The van der Waals surface area contributed by atoms with Crippen LogP contribution in [-0.2, 0) is 0 Å². The smallest absolute Gasteiger partial charge is 0.410 e. The van der Waals surface area contributed by atoms with Crippen molar-refractivity contribution in [1.82, 2.24) is 9.78 Å². The number of anilines is 2. The van der Waals surface area contributed by atoms with E-state index in [0.29, 0.717) is 17.1 Å². The van der Waals surface area contributed by atoms with E-state index >= 15 is 0 Å². The Morgan fingerprint density at radius 3 is 2.53 bits per heavy atom. The van der Waals surface area contributed by atoms with Gasteiger partial charge in [0.25, 0.3) is 5.91 Å². The maximum atomic E-state index is 14.0. The Balaban J connectivity index is 1.69. The molecule has 0 bridgehead atoms. The molecule has 1 aliphatic rings. The molecule has 0 unspecified atom stereocenters. The zero-order chi connectivity index (χ0) is 24.6. The zero-order valence-corrected chi connectivity index (χ0v) is 20.3. The summed E-state index contributed by atoms with van der Waals surface area (Å²) in [5.41, 5.74) is 0.589. The van der Waals surface area contributed by atoms with Crippen LogP contribution in [0, 0.1) is 0 Å². The largest absolute Gasteiger partial charge is 0.497 e. The Morgan fingerprint density at radius 1 is 1.21 bits per heavy atom. The third kappa shape index (κ3) is 4.67. The van der Waals surface area contributed by atoms with Crippen molar-refractivity contribution in [3.05, 3.63) is 63.2 Å². The lowest BCUT2D eigenvalue weighted by Gasteiger charge is -2.33. The number of alkyl halides is 3. The van der Waals surface area contributed by atoms with Crippen molar-refractivity contribution in [2.24, 2.45) is 0 Å². The summed E-state index contributed by atoms with van der Waals surface area (Å²) in [5, 5.41) is 9.34. The van der Waals surface area contributed by atoms with Crippen molar-refractivity contribution in [2.45, 2.75) is 24.7 Å². The van der Waals surface area contributed by atoms with Crippen LogP contribution in [0.25, 0.3) is 0 Å². The third-order valence-corrected chi connectivity index (χ3v) is 6.33. The van der Waals surface area contributed by atoms with Crippen LogP contribution < -0.4 is 20.1 Å². The summed E-state index contributed by atoms with van der Waals surface area (Å²) in [6.07, 6.45) is -4.92. The Bertz CT molecular complexity index is 1220. The summed E-state index contributed by atoms with van der Waals surface area (Å²) in [6, 6.07) is 8.98. The number of nitrogens with one attached hydrogen (secondary N) is 2. The van der Waals surface area contributed by atoms with Crippen LogP contribution >= 0.6 is 27.5 Å². The molecule has 0 aliphatic carbocycles. The number of halogens is 5. The van der Waals surface area contributed by atoms with Crippen molar-refractivity contribution >= 4 is 44.9 Å². The SMILES string of the molecule is COc1ccc(NC(=O)c2nn3c(c2Cl)N[C@@H](c2ccc(Br)cc2)C[C@H]3C(F)(F)F)c(OC)c1. The molecule has 2 aromatic carbocycles. The fourth-order valence-corrected chi connectivity index (χ4v) is 4.26. The molecule has 1 aromatic heterocycles. The number of methoxy groups -OCH3 is 2. The number of nitrogens with zero attached hydrogens (tertiary/aromatic N) is 2. The van der Waals surface area contributed by atoms with E-state index in [4.69, 9.17) is 21.1 Å². The van der Waals surface area contributed by atoms with E-state index in [0.717, 1.165) is 9.15 Å². The average molecular weight is 560 g/mol. The molecule has 12 heteroatoms. The number of carbonyl (C=O) groups is 1. The predicted octanol–water partition coefficient (Wildman–Crippen LogP) is 6.23. The second kappa shape index (κ2) is 9.38. The summed E-state index contributed by atoms with van der Waals surface area (Å²) in [7, 11) is 2.89. The lowest BCUT2D eigenvalue weighted by atomic mass is 9.97. The Kier molecular flexibility index (Phi) is 6.68. The normalized spacial score (nSPS) is 17.5. The number of aromatic nitrogens is 2. The highest BCUT2D eigenvalue weighted by Gasteiger charge is 2.47. The van der Waals surface area contributed by atoms with E-state index in [1.807, 2.05) is 0 Å². The zero-order valence-electron chi connectivity index (χ0n) is 17.9. The van der Waals surface area contributed by atoms with Gasteiger partial charge in [0.2, 0.25) is 0 Å². The number of hydrogen-bond donors (Lipinski definition) is 2. The molecule has 3 aromatic rings. The Labute approximate surface area is 206 Å². The highest BCUT2D eigenvalue weighted by atomic mass is 79.9. The minimum Gasteiger partial charge on any atom is -0.497 e. The van der Waals surface area contributed by atoms with E-state index in [1.54, 1.807) is 42.5 Å². The molecule has 0 fully saturated rings. The topological polar surface area (TPSA) is 77.4 Å². The van der Waals surface area contributed by atoms with Gasteiger partial charge in [0.05, 0.1) is 25.9 Å². The molecule has 2 heterocycles. The van der Waals surface area contributed by atoms with Crippen molar-refractivity contribution in [3.8, 4) is 11.5 Å². The van der Waals surface area contributed by atoms with Gasteiger partial charge in [0.1, 0.15) is 22.3 Å². The molecule has 2 atom stereocenters. The maximum Gasteiger partial charge on any atom is 0.410 e. The molecule has 1 aliphatic heterocycles. The van der Waals surface area contributed by atoms with Crippen LogP contribution in [0.5, 0.6) is 11.5 Å². The first-order valence-electron chi connectivity index (χ1n) is 10.0. The molecule has 0 spiro atoms. The number of rotatable bonds is 5. The van der Waals surface area contributed by atoms with E-state index in [-0.39, 0.29) is 28.6 Å². The van der Waals surface area contributed by atoms with Crippen LogP contribution in [0.1, 0.15) is 34.6 Å². The number of hydrogen-bond acceptors (Lipinski definition) is 5. The van der Waals surface area contributed by atoms with Crippen LogP contribution in [0.2, 0.25) is 5.02 Å². The van der Waals surface area contributed by atoms with Gasteiger partial charge in [-0.3, -0.25) is 4.79 Å².